The molecule has 0 aliphatic carbocycles. The van der Waals surface area contributed by atoms with Gasteiger partial charge in [0.2, 0.25) is 11.8 Å². The van der Waals surface area contributed by atoms with Crippen LogP contribution in [0.3, 0.4) is 0 Å². The fourth-order valence-corrected chi connectivity index (χ4v) is 2.87. The summed E-state index contributed by atoms with van der Waals surface area (Å²) in [4.78, 5) is 37.7. The lowest BCUT2D eigenvalue weighted by Gasteiger charge is -2.24. The first-order valence-corrected chi connectivity index (χ1v) is 6.92. The molecule has 2 saturated heterocycles. The molecule has 0 bridgehead atoms. The average molecular weight is 289 g/mol. The first kappa shape index (κ1) is 14.1. The number of carboxylic acid groups (broad SMARTS) is 1. The zero-order valence-corrected chi connectivity index (χ0v) is 11.3. The van der Waals surface area contributed by atoms with Crippen molar-refractivity contribution < 1.29 is 19.5 Å². The molecule has 2 heterocycles. The molecule has 0 aromatic heterocycles. The molecule has 2 fully saturated rings. The Kier molecular flexibility index (Phi) is 4.29. The Morgan fingerprint density at radius 3 is 2.68 bits per heavy atom. The number of carbonyl (C=O) groups excluding carboxylic acids is 2. The molecule has 2 atom stereocenters. The molecular weight excluding hydrogens is 272 g/mol. The number of carboxylic acids is 1. The number of carbonyl (C=O) groups is 3. The fraction of sp³-hybridized carbons (Fsp3) is 0.750. The highest BCUT2D eigenvalue weighted by Crippen LogP contribution is 2.25. The van der Waals surface area contributed by atoms with Crippen LogP contribution >= 0.6 is 11.6 Å². The molecule has 2 amide bonds. The van der Waals surface area contributed by atoms with Gasteiger partial charge in [0, 0.05) is 38.4 Å². The Hall–Kier alpha value is -1.30. The molecule has 0 radical (unpaired) electrons. The maximum Gasteiger partial charge on any atom is 0.308 e. The third kappa shape index (κ3) is 3.00. The summed E-state index contributed by atoms with van der Waals surface area (Å²) in [5, 5.41) is 8.94. The Bertz CT molecular complexity index is 401. The standard InChI is InChI=1S/C12H17ClN2O4/c13-3-1-10(16)14-4-2-9(7-14)15-6-8(12(18)19)5-11(15)17/h8-9H,1-7H2,(H,18,19). The number of likely N-dealkylation sites (tertiary alicyclic amines) is 2. The minimum atomic E-state index is -0.927. The van der Waals surface area contributed by atoms with Gasteiger partial charge in [0.25, 0.3) is 0 Å². The van der Waals surface area contributed by atoms with Gasteiger partial charge < -0.3 is 14.9 Å². The van der Waals surface area contributed by atoms with Crippen molar-refractivity contribution in [3.05, 3.63) is 0 Å². The molecule has 106 valence electrons. The molecule has 2 rings (SSSR count). The van der Waals surface area contributed by atoms with Crippen molar-refractivity contribution in [3.8, 4) is 0 Å². The van der Waals surface area contributed by atoms with Crippen LogP contribution in [0.1, 0.15) is 19.3 Å². The highest BCUT2D eigenvalue weighted by Gasteiger charge is 2.40. The van der Waals surface area contributed by atoms with E-state index in [1.54, 1.807) is 9.80 Å². The van der Waals surface area contributed by atoms with Crippen LogP contribution in [0, 0.1) is 5.92 Å². The number of alkyl halides is 1. The summed E-state index contributed by atoms with van der Waals surface area (Å²) in [5.74, 6) is -1.36. The van der Waals surface area contributed by atoms with Crippen molar-refractivity contribution in [3.63, 3.8) is 0 Å². The van der Waals surface area contributed by atoms with Gasteiger partial charge in [-0.25, -0.2) is 0 Å². The molecule has 6 nitrogen and oxygen atoms in total. The number of hydrogen-bond acceptors (Lipinski definition) is 3. The normalized spacial score (nSPS) is 27.1. The molecule has 19 heavy (non-hydrogen) atoms. The summed E-state index contributed by atoms with van der Waals surface area (Å²) >= 11 is 5.54. The van der Waals surface area contributed by atoms with Crippen molar-refractivity contribution >= 4 is 29.4 Å². The highest BCUT2D eigenvalue weighted by atomic mass is 35.5. The number of halogens is 1. The van der Waals surface area contributed by atoms with E-state index in [-0.39, 0.29) is 30.8 Å². The Labute approximate surface area is 116 Å². The first-order chi connectivity index (χ1) is 9.02. The SMILES string of the molecule is O=C(O)C1CC(=O)N(C2CCN(C(=O)CCCl)C2)C1. The second kappa shape index (κ2) is 5.77. The molecule has 0 spiro atoms. The molecule has 0 aromatic carbocycles. The summed E-state index contributed by atoms with van der Waals surface area (Å²) in [6.45, 7) is 1.37. The van der Waals surface area contributed by atoms with Crippen LogP contribution < -0.4 is 0 Å². The van der Waals surface area contributed by atoms with Crippen molar-refractivity contribution in [2.24, 2.45) is 5.92 Å². The van der Waals surface area contributed by atoms with E-state index in [4.69, 9.17) is 16.7 Å². The van der Waals surface area contributed by atoms with Crippen LogP contribution in [0.15, 0.2) is 0 Å². The van der Waals surface area contributed by atoms with Gasteiger partial charge in [0.05, 0.1) is 12.0 Å². The predicted octanol–water partition coefficient (Wildman–Crippen LogP) is 0.149. The molecule has 0 aromatic rings. The summed E-state index contributed by atoms with van der Waals surface area (Å²) in [5.41, 5.74) is 0. The van der Waals surface area contributed by atoms with Gasteiger partial charge in [-0.05, 0) is 6.42 Å². The van der Waals surface area contributed by atoms with E-state index in [1.807, 2.05) is 0 Å². The average Bonchev–Trinajstić information content (AvgIpc) is 2.95. The van der Waals surface area contributed by atoms with Gasteiger partial charge in [0.1, 0.15) is 0 Å². The van der Waals surface area contributed by atoms with Crippen LogP contribution in [0.2, 0.25) is 0 Å². The van der Waals surface area contributed by atoms with Crippen LogP contribution in [0.25, 0.3) is 0 Å². The minimum absolute atomic E-state index is 0.000990. The number of aliphatic carboxylic acids is 1. The maximum atomic E-state index is 11.8. The van der Waals surface area contributed by atoms with Crippen molar-refractivity contribution in [2.45, 2.75) is 25.3 Å². The monoisotopic (exact) mass is 288 g/mol. The number of nitrogens with zero attached hydrogens (tertiary/aromatic N) is 2. The smallest absolute Gasteiger partial charge is 0.308 e. The second-order valence-corrected chi connectivity index (χ2v) is 5.38. The lowest BCUT2D eigenvalue weighted by Crippen LogP contribution is -2.40. The lowest BCUT2D eigenvalue weighted by molar-refractivity contribution is -0.141. The van der Waals surface area contributed by atoms with E-state index in [9.17, 15) is 14.4 Å². The quantitative estimate of drug-likeness (QED) is 0.747. The number of hydrogen-bond donors (Lipinski definition) is 1. The van der Waals surface area contributed by atoms with E-state index < -0.39 is 11.9 Å². The Balaban J connectivity index is 1.92. The topological polar surface area (TPSA) is 77.9 Å². The van der Waals surface area contributed by atoms with E-state index in [1.165, 1.54) is 0 Å². The second-order valence-electron chi connectivity index (χ2n) is 5.01. The molecule has 7 heteroatoms. The largest absolute Gasteiger partial charge is 0.481 e. The predicted molar refractivity (Wildman–Crippen MR) is 67.8 cm³/mol. The van der Waals surface area contributed by atoms with Gasteiger partial charge in [-0.3, -0.25) is 14.4 Å². The van der Waals surface area contributed by atoms with Crippen LogP contribution in [-0.4, -0.2) is 64.2 Å². The van der Waals surface area contributed by atoms with Crippen LogP contribution in [0.5, 0.6) is 0 Å². The first-order valence-electron chi connectivity index (χ1n) is 6.39. The molecular formula is C12H17ClN2O4. The Morgan fingerprint density at radius 1 is 1.37 bits per heavy atom. The minimum Gasteiger partial charge on any atom is -0.481 e. The maximum absolute atomic E-state index is 11.8. The van der Waals surface area contributed by atoms with Crippen molar-refractivity contribution in [2.75, 3.05) is 25.5 Å². The number of rotatable bonds is 4. The highest BCUT2D eigenvalue weighted by molar-refractivity contribution is 6.18. The summed E-state index contributed by atoms with van der Waals surface area (Å²) < 4.78 is 0. The number of amides is 2. The molecule has 2 aliphatic rings. The zero-order chi connectivity index (χ0) is 14.0. The van der Waals surface area contributed by atoms with Gasteiger partial charge in [-0.1, -0.05) is 0 Å². The van der Waals surface area contributed by atoms with Crippen LogP contribution in [-0.2, 0) is 14.4 Å². The summed E-state index contributed by atoms with van der Waals surface area (Å²) in [6, 6.07) is -0.0453. The Morgan fingerprint density at radius 2 is 2.11 bits per heavy atom. The molecule has 1 N–H and O–H groups in total. The third-order valence-electron chi connectivity index (χ3n) is 3.77. The van der Waals surface area contributed by atoms with Gasteiger partial charge in [-0.15, -0.1) is 11.6 Å². The fourth-order valence-electron chi connectivity index (χ4n) is 2.71. The van der Waals surface area contributed by atoms with E-state index >= 15 is 0 Å². The summed E-state index contributed by atoms with van der Waals surface area (Å²) in [6.07, 6.45) is 1.09. The summed E-state index contributed by atoms with van der Waals surface area (Å²) in [7, 11) is 0. The van der Waals surface area contributed by atoms with E-state index in [2.05, 4.69) is 0 Å². The van der Waals surface area contributed by atoms with Crippen LogP contribution in [0.4, 0.5) is 0 Å². The zero-order valence-electron chi connectivity index (χ0n) is 10.5. The van der Waals surface area contributed by atoms with E-state index in [0.29, 0.717) is 31.8 Å². The molecule has 2 aliphatic heterocycles. The van der Waals surface area contributed by atoms with Crippen molar-refractivity contribution in [1.82, 2.24) is 9.80 Å². The van der Waals surface area contributed by atoms with Gasteiger partial charge >= 0.3 is 5.97 Å². The van der Waals surface area contributed by atoms with Crippen molar-refractivity contribution in [1.29, 1.82) is 0 Å². The molecule has 0 saturated carbocycles. The third-order valence-corrected chi connectivity index (χ3v) is 3.96. The molecule has 2 unspecified atom stereocenters. The van der Waals surface area contributed by atoms with Gasteiger partial charge in [0.15, 0.2) is 0 Å². The lowest BCUT2D eigenvalue weighted by atomic mass is 10.1. The van der Waals surface area contributed by atoms with E-state index in [0.717, 1.165) is 0 Å². The van der Waals surface area contributed by atoms with Gasteiger partial charge in [-0.2, -0.15) is 0 Å².